The van der Waals surface area contributed by atoms with Crippen molar-refractivity contribution in [2.24, 2.45) is 11.7 Å². The van der Waals surface area contributed by atoms with Crippen LogP contribution in [0.15, 0.2) is 0 Å². The lowest BCUT2D eigenvalue weighted by atomic mass is 10.0. The van der Waals surface area contributed by atoms with Crippen LogP contribution >= 0.6 is 11.8 Å². The standard InChI is InChI=1S/C13H26N2OS/c1-11(5-3-6-12(2)14)13(16)15-7-4-9-17-10-8-15/h11-12H,3-10,14H2,1-2H3. The van der Waals surface area contributed by atoms with E-state index < -0.39 is 0 Å². The second-order valence-electron chi connectivity index (χ2n) is 5.10. The Hall–Kier alpha value is -0.220. The fraction of sp³-hybridized carbons (Fsp3) is 0.923. The Morgan fingerprint density at radius 3 is 2.76 bits per heavy atom. The Bertz CT molecular complexity index is 225. The van der Waals surface area contributed by atoms with Crippen molar-refractivity contribution in [2.45, 2.75) is 45.6 Å². The first-order valence-electron chi connectivity index (χ1n) is 6.73. The van der Waals surface area contributed by atoms with E-state index in [1.165, 1.54) is 5.75 Å². The highest BCUT2D eigenvalue weighted by Crippen LogP contribution is 2.16. The molecule has 0 aromatic heterocycles. The number of amides is 1. The topological polar surface area (TPSA) is 46.3 Å². The molecule has 1 amide bonds. The summed E-state index contributed by atoms with van der Waals surface area (Å²) < 4.78 is 0. The van der Waals surface area contributed by atoms with Crippen molar-refractivity contribution in [3.63, 3.8) is 0 Å². The van der Waals surface area contributed by atoms with E-state index in [4.69, 9.17) is 5.73 Å². The number of nitrogens with two attached hydrogens (primary N) is 1. The van der Waals surface area contributed by atoms with Crippen LogP contribution in [-0.4, -0.2) is 41.4 Å². The minimum Gasteiger partial charge on any atom is -0.342 e. The number of carbonyl (C=O) groups excluding carboxylic acids is 1. The zero-order valence-corrected chi connectivity index (χ0v) is 12.0. The third-order valence-electron chi connectivity index (χ3n) is 3.25. The van der Waals surface area contributed by atoms with Gasteiger partial charge in [-0.1, -0.05) is 13.3 Å². The summed E-state index contributed by atoms with van der Waals surface area (Å²) in [4.78, 5) is 14.3. The maximum absolute atomic E-state index is 12.2. The number of rotatable bonds is 5. The van der Waals surface area contributed by atoms with Crippen LogP contribution < -0.4 is 5.73 Å². The summed E-state index contributed by atoms with van der Waals surface area (Å²) in [6, 6.07) is 0.256. The molecule has 100 valence electrons. The summed E-state index contributed by atoms with van der Waals surface area (Å²) in [5, 5.41) is 0. The van der Waals surface area contributed by atoms with E-state index in [0.717, 1.165) is 44.5 Å². The molecule has 0 bridgehead atoms. The maximum Gasteiger partial charge on any atom is 0.225 e. The molecule has 3 nitrogen and oxygen atoms in total. The smallest absolute Gasteiger partial charge is 0.225 e. The molecule has 0 spiro atoms. The van der Waals surface area contributed by atoms with Crippen LogP contribution in [-0.2, 0) is 4.79 Å². The molecule has 0 aromatic rings. The van der Waals surface area contributed by atoms with Gasteiger partial charge in [0.05, 0.1) is 0 Å². The van der Waals surface area contributed by atoms with Crippen molar-refractivity contribution in [1.82, 2.24) is 4.90 Å². The summed E-state index contributed by atoms with van der Waals surface area (Å²) in [5.41, 5.74) is 5.72. The Kier molecular flexibility index (Phi) is 6.97. The van der Waals surface area contributed by atoms with E-state index in [9.17, 15) is 4.79 Å². The molecular formula is C13H26N2OS. The van der Waals surface area contributed by atoms with Gasteiger partial charge in [0.2, 0.25) is 5.91 Å². The minimum atomic E-state index is 0.164. The molecule has 0 saturated carbocycles. The van der Waals surface area contributed by atoms with Gasteiger partial charge in [-0.05, 0) is 31.9 Å². The Balaban J connectivity index is 2.29. The average molecular weight is 258 g/mol. The number of nitrogens with zero attached hydrogens (tertiary/aromatic N) is 1. The Morgan fingerprint density at radius 2 is 2.06 bits per heavy atom. The van der Waals surface area contributed by atoms with Crippen LogP contribution in [0.25, 0.3) is 0 Å². The summed E-state index contributed by atoms with van der Waals surface area (Å²) >= 11 is 1.96. The molecule has 1 rings (SSSR count). The summed E-state index contributed by atoms with van der Waals surface area (Å²) in [5.74, 6) is 2.80. The van der Waals surface area contributed by atoms with Gasteiger partial charge in [0, 0.05) is 30.8 Å². The lowest BCUT2D eigenvalue weighted by Gasteiger charge is -2.24. The molecule has 0 aromatic carbocycles. The van der Waals surface area contributed by atoms with E-state index in [1.807, 2.05) is 18.7 Å². The van der Waals surface area contributed by atoms with Crippen molar-refractivity contribution < 1.29 is 4.79 Å². The molecule has 0 aliphatic carbocycles. The normalized spacial score (nSPS) is 20.8. The summed E-state index contributed by atoms with van der Waals surface area (Å²) in [6.07, 6.45) is 4.20. The molecule has 1 saturated heterocycles. The van der Waals surface area contributed by atoms with Gasteiger partial charge in [-0.25, -0.2) is 0 Å². The highest BCUT2D eigenvalue weighted by atomic mass is 32.2. The fourth-order valence-corrected chi connectivity index (χ4v) is 3.03. The second-order valence-corrected chi connectivity index (χ2v) is 6.33. The number of carbonyl (C=O) groups is 1. The van der Waals surface area contributed by atoms with Gasteiger partial charge >= 0.3 is 0 Å². The first kappa shape index (κ1) is 14.8. The van der Waals surface area contributed by atoms with Crippen molar-refractivity contribution in [1.29, 1.82) is 0 Å². The SMILES string of the molecule is CC(N)CCCC(C)C(=O)N1CCCSCC1. The molecule has 17 heavy (non-hydrogen) atoms. The van der Waals surface area contributed by atoms with E-state index in [1.54, 1.807) is 0 Å². The summed E-state index contributed by atoms with van der Waals surface area (Å²) in [6.45, 7) is 5.96. The predicted octanol–water partition coefficient (Wildman–Crippen LogP) is 2.11. The molecule has 1 aliphatic heterocycles. The second kappa shape index (κ2) is 7.98. The van der Waals surface area contributed by atoms with Crippen LogP contribution in [0.3, 0.4) is 0 Å². The molecule has 1 aliphatic rings. The van der Waals surface area contributed by atoms with Crippen molar-refractivity contribution in [3.05, 3.63) is 0 Å². The molecule has 2 N–H and O–H groups in total. The fourth-order valence-electron chi connectivity index (χ4n) is 2.15. The van der Waals surface area contributed by atoms with Crippen LogP contribution in [0.5, 0.6) is 0 Å². The monoisotopic (exact) mass is 258 g/mol. The highest BCUT2D eigenvalue weighted by Gasteiger charge is 2.21. The van der Waals surface area contributed by atoms with E-state index in [0.29, 0.717) is 5.91 Å². The quantitative estimate of drug-likeness (QED) is 0.821. The predicted molar refractivity (Wildman–Crippen MR) is 75.2 cm³/mol. The highest BCUT2D eigenvalue weighted by molar-refractivity contribution is 7.99. The molecule has 1 heterocycles. The number of thioether (sulfide) groups is 1. The lowest BCUT2D eigenvalue weighted by Crippen LogP contribution is -2.36. The summed E-state index contributed by atoms with van der Waals surface area (Å²) in [7, 11) is 0. The molecule has 2 unspecified atom stereocenters. The van der Waals surface area contributed by atoms with Crippen molar-refractivity contribution in [2.75, 3.05) is 24.6 Å². The molecular weight excluding hydrogens is 232 g/mol. The first-order valence-corrected chi connectivity index (χ1v) is 7.89. The molecule has 0 radical (unpaired) electrons. The van der Waals surface area contributed by atoms with Crippen LogP contribution in [0, 0.1) is 5.92 Å². The van der Waals surface area contributed by atoms with Gasteiger partial charge in [0.1, 0.15) is 0 Å². The van der Waals surface area contributed by atoms with E-state index in [-0.39, 0.29) is 12.0 Å². The number of hydrogen-bond acceptors (Lipinski definition) is 3. The number of hydrogen-bond donors (Lipinski definition) is 1. The van der Waals surface area contributed by atoms with Gasteiger partial charge in [-0.15, -0.1) is 0 Å². The Morgan fingerprint density at radius 1 is 1.29 bits per heavy atom. The van der Waals surface area contributed by atoms with Crippen molar-refractivity contribution >= 4 is 17.7 Å². The van der Waals surface area contributed by atoms with E-state index in [2.05, 4.69) is 11.8 Å². The third kappa shape index (κ3) is 5.77. The largest absolute Gasteiger partial charge is 0.342 e. The maximum atomic E-state index is 12.2. The third-order valence-corrected chi connectivity index (χ3v) is 4.30. The molecule has 4 heteroatoms. The molecule has 2 atom stereocenters. The van der Waals surface area contributed by atoms with E-state index >= 15 is 0 Å². The van der Waals surface area contributed by atoms with Gasteiger partial charge in [0.25, 0.3) is 0 Å². The van der Waals surface area contributed by atoms with Crippen molar-refractivity contribution in [3.8, 4) is 0 Å². The molecule has 1 fully saturated rings. The van der Waals surface area contributed by atoms with Crippen LogP contribution in [0.1, 0.15) is 39.5 Å². The average Bonchev–Trinajstić information content (AvgIpc) is 2.55. The Labute approximate surface area is 109 Å². The zero-order chi connectivity index (χ0) is 12.7. The van der Waals surface area contributed by atoms with Crippen LogP contribution in [0.2, 0.25) is 0 Å². The minimum absolute atomic E-state index is 0.164. The first-order chi connectivity index (χ1) is 8.11. The van der Waals surface area contributed by atoms with Gasteiger partial charge in [-0.3, -0.25) is 4.79 Å². The lowest BCUT2D eigenvalue weighted by molar-refractivity contribution is -0.134. The van der Waals surface area contributed by atoms with Gasteiger partial charge in [-0.2, -0.15) is 11.8 Å². The zero-order valence-electron chi connectivity index (χ0n) is 11.2. The van der Waals surface area contributed by atoms with Gasteiger partial charge in [0.15, 0.2) is 0 Å². The van der Waals surface area contributed by atoms with Crippen LogP contribution in [0.4, 0.5) is 0 Å². The van der Waals surface area contributed by atoms with Gasteiger partial charge < -0.3 is 10.6 Å².